The minimum atomic E-state index is 0.569. The fraction of sp³-hybridized carbons (Fsp3) is 0.429. The van der Waals surface area contributed by atoms with Crippen molar-refractivity contribution in [3.8, 4) is 6.19 Å². The van der Waals surface area contributed by atoms with E-state index in [1.54, 1.807) is 13.2 Å². The predicted octanol–water partition coefficient (Wildman–Crippen LogP) is 0.333. The summed E-state index contributed by atoms with van der Waals surface area (Å²) >= 11 is 0. The number of hydrogen-bond donors (Lipinski definition) is 0. The van der Waals surface area contributed by atoms with Crippen molar-refractivity contribution in [3.63, 3.8) is 0 Å². The standard InChI is InChI=1S/C7H10N4/c1-10(6-8)5-7-9-3-4-11(7)2/h3-4H,5H2,1-2H3. The first-order valence-electron chi connectivity index (χ1n) is 3.31. The zero-order valence-corrected chi connectivity index (χ0v) is 6.65. The van der Waals surface area contributed by atoms with E-state index in [4.69, 9.17) is 5.26 Å². The molecule has 0 aliphatic rings. The molecule has 4 nitrogen and oxygen atoms in total. The van der Waals surface area contributed by atoms with Crippen LogP contribution in [0.15, 0.2) is 12.4 Å². The maximum Gasteiger partial charge on any atom is 0.179 e. The Morgan fingerprint density at radius 2 is 2.55 bits per heavy atom. The lowest BCUT2D eigenvalue weighted by atomic mass is 10.5. The molecule has 0 aliphatic heterocycles. The summed E-state index contributed by atoms with van der Waals surface area (Å²) in [5.74, 6) is 0.897. The van der Waals surface area contributed by atoms with Crippen molar-refractivity contribution in [2.45, 2.75) is 6.54 Å². The van der Waals surface area contributed by atoms with Crippen molar-refractivity contribution in [2.24, 2.45) is 7.05 Å². The number of nitriles is 1. The molecule has 0 unspecified atom stereocenters. The van der Waals surface area contributed by atoms with Crippen LogP contribution in [0.5, 0.6) is 0 Å². The number of rotatable bonds is 2. The Morgan fingerprint density at radius 1 is 1.82 bits per heavy atom. The summed E-state index contributed by atoms with van der Waals surface area (Å²) in [5, 5.41) is 8.46. The minimum Gasteiger partial charge on any atom is -0.336 e. The van der Waals surface area contributed by atoms with Gasteiger partial charge in [0.25, 0.3) is 0 Å². The van der Waals surface area contributed by atoms with Gasteiger partial charge in [0.15, 0.2) is 6.19 Å². The maximum absolute atomic E-state index is 8.46. The Morgan fingerprint density at radius 3 is 3.00 bits per heavy atom. The molecule has 0 aromatic carbocycles. The lowest BCUT2D eigenvalue weighted by Crippen LogP contribution is -2.13. The average Bonchev–Trinajstić information content (AvgIpc) is 2.37. The summed E-state index contributed by atoms with van der Waals surface area (Å²) in [6, 6.07) is 0. The van der Waals surface area contributed by atoms with Gasteiger partial charge in [0.2, 0.25) is 0 Å². The monoisotopic (exact) mass is 150 g/mol. The van der Waals surface area contributed by atoms with Crippen LogP contribution in [0, 0.1) is 11.5 Å². The third-order valence-corrected chi connectivity index (χ3v) is 1.47. The molecule has 0 aliphatic carbocycles. The van der Waals surface area contributed by atoms with Crippen LogP contribution in [-0.2, 0) is 13.6 Å². The van der Waals surface area contributed by atoms with Gasteiger partial charge in [-0.2, -0.15) is 5.26 Å². The van der Waals surface area contributed by atoms with Crippen LogP contribution in [0.2, 0.25) is 0 Å². The van der Waals surface area contributed by atoms with Gasteiger partial charge in [-0.05, 0) is 0 Å². The molecule has 4 heteroatoms. The van der Waals surface area contributed by atoms with Crippen molar-refractivity contribution in [1.29, 1.82) is 5.26 Å². The van der Waals surface area contributed by atoms with E-state index in [0.717, 1.165) is 5.82 Å². The summed E-state index contributed by atoms with van der Waals surface area (Å²) in [7, 11) is 3.64. The maximum atomic E-state index is 8.46. The van der Waals surface area contributed by atoms with Gasteiger partial charge in [0, 0.05) is 26.5 Å². The van der Waals surface area contributed by atoms with Gasteiger partial charge in [-0.1, -0.05) is 0 Å². The van der Waals surface area contributed by atoms with Crippen LogP contribution in [0.4, 0.5) is 0 Å². The van der Waals surface area contributed by atoms with E-state index in [0.29, 0.717) is 6.54 Å². The smallest absolute Gasteiger partial charge is 0.179 e. The summed E-state index contributed by atoms with van der Waals surface area (Å²) in [6.07, 6.45) is 5.59. The number of aromatic nitrogens is 2. The lowest BCUT2D eigenvalue weighted by molar-refractivity contribution is 0.446. The normalized spacial score (nSPS) is 9.18. The van der Waals surface area contributed by atoms with Gasteiger partial charge in [-0.15, -0.1) is 0 Å². The molecule has 0 atom stereocenters. The van der Waals surface area contributed by atoms with Gasteiger partial charge < -0.3 is 9.47 Å². The minimum absolute atomic E-state index is 0.569. The van der Waals surface area contributed by atoms with Crippen molar-refractivity contribution in [2.75, 3.05) is 7.05 Å². The highest BCUT2D eigenvalue weighted by Gasteiger charge is 2.00. The predicted molar refractivity (Wildman–Crippen MR) is 40.3 cm³/mol. The van der Waals surface area contributed by atoms with Gasteiger partial charge in [-0.3, -0.25) is 0 Å². The molecule has 0 fully saturated rings. The van der Waals surface area contributed by atoms with Crippen LogP contribution in [-0.4, -0.2) is 21.5 Å². The highest BCUT2D eigenvalue weighted by Crippen LogP contribution is 1.96. The molecular weight excluding hydrogens is 140 g/mol. The van der Waals surface area contributed by atoms with Crippen molar-refractivity contribution >= 4 is 0 Å². The van der Waals surface area contributed by atoms with Crippen LogP contribution in [0.1, 0.15) is 5.82 Å². The number of imidazole rings is 1. The van der Waals surface area contributed by atoms with E-state index < -0.39 is 0 Å². The van der Waals surface area contributed by atoms with Crippen molar-refractivity contribution in [3.05, 3.63) is 18.2 Å². The highest BCUT2D eigenvalue weighted by atomic mass is 15.1. The largest absolute Gasteiger partial charge is 0.336 e. The van der Waals surface area contributed by atoms with E-state index >= 15 is 0 Å². The molecule has 1 aromatic heterocycles. The molecule has 0 radical (unpaired) electrons. The second-order valence-electron chi connectivity index (χ2n) is 2.41. The van der Waals surface area contributed by atoms with Gasteiger partial charge in [0.05, 0.1) is 6.54 Å². The first kappa shape index (κ1) is 7.61. The zero-order valence-electron chi connectivity index (χ0n) is 6.65. The van der Waals surface area contributed by atoms with Gasteiger partial charge in [0.1, 0.15) is 5.82 Å². The topological polar surface area (TPSA) is 44.9 Å². The van der Waals surface area contributed by atoms with E-state index in [-0.39, 0.29) is 0 Å². The quantitative estimate of drug-likeness (QED) is 0.451. The molecule has 0 amide bonds. The SMILES string of the molecule is CN(C#N)Cc1nccn1C. The molecule has 0 N–H and O–H groups in total. The average molecular weight is 150 g/mol. The number of hydrogen-bond acceptors (Lipinski definition) is 3. The van der Waals surface area contributed by atoms with E-state index in [1.807, 2.05) is 24.0 Å². The Hall–Kier alpha value is -1.50. The molecule has 0 spiro atoms. The molecule has 0 saturated heterocycles. The van der Waals surface area contributed by atoms with E-state index in [1.165, 1.54) is 4.90 Å². The van der Waals surface area contributed by atoms with Crippen molar-refractivity contribution < 1.29 is 0 Å². The van der Waals surface area contributed by atoms with Crippen LogP contribution in [0.3, 0.4) is 0 Å². The molecule has 1 heterocycles. The summed E-state index contributed by atoms with van der Waals surface area (Å²) in [4.78, 5) is 5.60. The molecule has 0 bridgehead atoms. The van der Waals surface area contributed by atoms with Crippen LogP contribution < -0.4 is 0 Å². The fourth-order valence-corrected chi connectivity index (χ4v) is 0.796. The van der Waals surface area contributed by atoms with Crippen LogP contribution >= 0.6 is 0 Å². The third kappa shape index (κ3) is 1.71. The Balaban J connectivity index is 2.66. The van der Waals surface area contributed by atoms with Crippen molar-refractivity contribution in [1.82, 2.24) is 14.5 Å². The molecular formula is C7H10N4. The molecule has 0 saturated carbocycles. The number of nitrogens with zero attached hydrogens (tertiary/aromatic N) is 4. The van der Waals surface area contributed by atoms with E-state index in [9.17, 15) is 0 Å². The first-order valence-corrected chi connectivity index (χ1v) is 3.31. The summed E-state index contributed by atoms with van der Waals surface area (Å²) in [6.45, 7) is 0.569. The third-order valence-electron chi connectivity index (χ3n) is 1.47. The molecule has 1 aromatic rings. The van der Waals surface area contributed by atoms with Crippen LogP contribution in [0.25, 0.3) is 0 Å². The lowest BCUT2D eigenvalue weighted by Gasteiger charge is -2.07. The molecule has 1 rings (SSSR count). The van der Waals surface area contributed by atoms with Gasteiger partial charge >= 0.3 is 0 Å². The second-order valence-corrected chi connectivity index (χ2v) is 2.41. The fourth-order valence-electron chi connectivity index (χ4n) is 0.796. The Bertz CT molecular complexity index is 270. The molecule has 11 heavy (non-hydrogen) atoms. The van der Waals surface area contributed by atoms with E-state index in [2.05, 4.69) is 4.98 Å². The molecule has 58 valence electrons. The summed E-state index contributed by atoms with van der Waals surface area (Å²) < 4.78 is 1.90. The zero-order chi connectivity index (χ0) is 8.27. The summed E-state index contributed by atoms with van der Waals surface area (Å²) in [5.41, 5.74) is 0. The van der Waals surface area contributed by atoms with Gasteiger partial charge in [-0.25, -0.2) is 4.98 Å². The first-order chi connectivity index (χ1) is 5.24. The highest BCUT2D eigenvalue weighted by molar-refractivity contribution is 4.92. The Kier molecular flexibility index (Phi) is 2.12. The number of aryl methyl sites for hydroxylation is 1. The Labute approximate surface area is 65.7 Å². The second kappa shape index (κ2) is 3.06.